The number of hydrogen-bond acceptors (Lipinski definition) is 4. The first-order chi connectivity index (χ1) is 5.61. The molecule has 0 rings (SSSR count). The van der Waals surface area contributed by atoms with E-state index in [9.17, 15) is 5.21 Å². The highest BCUT2D eigenvalue weighted by Crippen LogP contribution is 2.04. The van der Waals surface area contributed by atoms with Crippen molar-refractivity contribution in [2.45, 2.75) is 26.5 Å². The molecule has 0 saturated carbocycles. The third-order valence-corrected chi connectivity index (χ3v) is 1.64. The molecule has 0 radical (unpaired) electrons. The molecule has 0 aromatic rings. The average molecular weight is 176 g/mol. The molecule has 74 valence electrons. The highest BCUT2D eigenvalue weighted by atomic mass is 16.6. The Balaban J connectivity index is 3.58. The Morgan fingerprint density at radius 3 is 2.50 bits per heavy atom. The molecule has 0 aliphatic carbocycles. The van der Waals surface area contributed by atoms with E-state index in [1.807, 2.05) is 13.8 Å². The summed E-state index contributed by atoms with van der Waals surface area (Å²) in [6.45, 7) is 4.29. The van der Waals surface area contributed by atoms with Crippen molar-refractivity contribution in [3.8, 4) is 0 Å². The summed E-state index contributed by atoms with van der Waals surface area (Å²) in [5.74, 6) is 0.0963. The van der Waals surface area contributed by atoms with Crippen LogP contribution in [0.4, 0.5) is 0 Å². The maximum Gasteiger partial charge on any atom is 0.0984 e. The second-order valence-electron chi connectivity index (χ2n) is 3.03. The first kappa shape index (κ1) is 11.8. The highest BCUT2D eigenvalue weighted by molar-refractivity contribution is 4.57. The van der Waals surface area contributed by atoms with Crippen molar-refractivity contribution in [3.63, 3.8) is 0 Å². The van der Waals surface area contributed by atoms with Crippen LogP contribution in [0.2, 0.25) is 0 Å². The van der Waals surface area contributed by atoms with E-state index in [0.29, 0.717) is 13.0 Å². The molecule has 0 aliphatic rings. The van der Waals surface area contributed by atoms with Crippen molar-refractivity contribution < 1.29 is 9.84 Å². The van der Waals surface area contributed by atoms with Gasteiger partial charge in [-0.05, 0) is 13.5 Å². The van der Waals surface area contributed by atoms with Crippen molar-refractivity contribution >= 4 is 0 Å². The van der Waals surface area contributed by atoms with Crippen LogP contribution < -0.4 is 0 Å². The lowest BCUT2D eigenvalue weighted by Gasteiger charge is -2.32. The van der Waals surface area contributed by atoms with E-state index in [1.165, 1.54) is 7.05 Å². The monoisotopic (exact) mass is 176 g/mol. The predicted octanol–water partition coefficient (Wildman–Crippen LogP) is 0.797. The summed E-state index contributed by atoms with van der Waals surface area (Å²) in [5.41, 5.74) is 0. The lowest BCUT2D eigenvalue weighted by molar-refractivity contribution is -0.0472. The van der Waals surface area contributed by atoms with Gasteiger partial charge in [-0.3, -0.25) is 0 Å². The molecule has 0 aromatic carbocycles. The van der Waals surface area contributed by atoms with E-state index in [-0.39, 0.29) is 18.8 Å². The minimum atomic E-state index is -0.376. The van der Waals surface area contributed by atoms with Gasteiger partial charge in [-0.15, -0.1) is 0 Å². The van der Waals surface area contributed by atoms with Crippen molar-refractivity contribution in [3.05, 3.63) is 5.21 Å². The van der Waals surface area contributed by atoms with Crippen molar-refractivity contribution in [2.24, 2.45) is 5.92 Å². The zero-order chi connectivity index (χ0) is 9.56. The van der Waals surface area contributed by atoms with Crippen LogP contribution in [0, 0.1) is 11.1 Å². The molecule has 0 fully saturated rings. The van der Waals surface area contributed by atoms with Gasteiger partial charge in [0.05, 0.1) is 12.8 Å². The summed E-state index contributed by atoms with van der Waals surface area (Å²) in [6.07, 6.45) is 0.289. The second kappa shape index (κ2) is 6.37. The topological polar surface area (TPSA) is 55.8 Å². The molecule has 2 unspecified atom stereocenters. The molecule has 4 heteroatoms. The Kier molecular flexibility index (Phi) is 6.28. The summed E-state index contributed by atoms with van der Waals surface area (Å²) in [7, 11) is 1.44. The van der Waals surface area contributed by atoms with Crippen LogP contribution >= 0.6 is 0 Å². The van der Waals surface area contributed by atoms with E-state index in [1.54, 1.807) is 0 Å². The molecule has 0 heterocycles. The van der Waals surface area contributed by atoms with Gasteiger partial charge < -0.3 is 20.1 Å². The maximum absolute atomic E-state index is 10.8. The summed E-state index contributed by atoms with van der Waals surface area (Å²) in [6, 6.07) is 0. The Morgan fingerprint density at radius 2 is 2.17 bits per heavy atom. The minimum Gasteiger partial charge on any atom is -0.784 e. The standard InChI is InChI=1S/C8H18NO3/c1-4-8(9(3)11)12-6-7(2)5-10/h7-8,10H,4-6H2,1-3H3/q-1. The quantitative estimate of drug-likeness (QED) is 0.480. The molecule has 0 saturated heterocycles. The number of rotatable bonds is 6. The van der Waals surface area contributed by atoms with Gasteiger partial charge in [0.15, 0.2) is 0 Å². The lowest BCUT2D eigenvalue weighted by atomic mass is 10.2. The van der Waals surface area contributed by atoms with Crippen LogP contribution in [-0.2, 0) is 4.74 Å². The van der Waals surface area contributed by atoms with Crippen molar-refractivity contribution in [2.75, 3.05) is 20.3 Å². The molecular formula is C8H18NO3-. The van der Waals surface area contributed by atoms with Gasteiger partial charge in [-0.1, -0.05) is 13.8 Å². The van der Waals surface area contributed by atoms with E-state index in [2.05, 4.69) is 0 Å². The van der Waals surface area contributed by atoms with Crippen LogP contribution in [0.1, 0.15) is 20.3 Å². The van der Waals surface area contributed by atoms with Gasteiger partial charge in [0.2, 0.25) is 0 Å². The SMILES string of the molecule is CCC(OCC(C)CO)N(C)[O-]. The number of aliphatic hydroxyl groups is 1. The van der Waals surface area contributed by atoms with Crippen LogP contribution in [0.25, 0.3) is 0 Å². The fourth-order valence-corrected chi connectivity index (χ4v) is 0.808. The summed E-state index contributed by atoms with van der Waals surface area (Å²) < 4.78 is 5.26. The third kappa shape index (κ3) is 4.66. The van der Waals surface area contributed by atoms with E-state index in [0.717, 1.165) is 5.06 Å². The molecule has 2 atom stereocenters. The van der Waals surface area contributed by atoms with E-state index < -0.39 is 0 Å². The predicted molar refractivity (Wildman–Crippen MR) is 47.4 cm³/mol. The summed E-state index contributed by atoms with van der Waals surface area (Å²) in [5, 5.41) is 20.3. The second-order valence-corrected chi connectivity index (χ2v) is 3.03. The lowest BCUT2D eigenvalue weighted by Crippen LogP contribution is -2.30. The maximum atomic E-state index is 10.8. The minimum absolute atomic E-state index is 0.0962. The molecule has 4 nitrogen and oxygen atoms in total. The van der Waals surface area contributed by atoms with Crippen molar-refractivity contribution in [1.82, 2.24) is 5.06 Å². The van der Waals surface area contributed by atoms with Crippen LogP contribution in [-0.4, -0.2) is 36.7 Å². The molecule has 0 aromatic heterocycles. The number of hydroxylamine groups is 2. The van der Waals surface area contributed by atoms with E-state index in [4.69, 9.17) is 9.84 Å². The normalized spacial score (nSPS) is 16.5. The van der Waals surface area contributed by atoms with Gasteiger partial charge >= 0.3 is 0 Å². The number of ether oxygens (including phenoxy) is 1. The van der Waals surface area contributed by atoms with Crippen LogP contribution in [0.5, 0.6) is 0 Å². The summed E-state index contributed by atoms with van der Waals surface area (Å²) >= 11 is 0. The molecule has 12 heavy (non-hydrogen) atoms. The van der Waals surface area contributed by atoms with Crippen LogP contribution in [0.3, 0.4) is 0 Å². The van der Waals surface area contributed by atoms with Crippen molar-refractivity contribution in [1.29, 1.82) is 0 Å². The molecular weight excluding hydrogens is 158 g/mol. The Hall–Kier alpha value is -0.160. The smallest absolute Gasteiger partial charge is 0.0984 e. The zero-order valence-corrected chi connectivity index (χ0v) is 7.99. The largest absolute Gasteiger partial charge is 0.784 e. The molecule has 0 bridgehead atoms. The number of hydrogen-bond donors (Lipinski definition) is 1. The van der Waals surface area contributed by atoms with Gasteiger partial charge in [-0.2, -0.15) is 0 Å². The van der Waals surface area contributed by atoms with Gasteiger partial charge in [0, 0.05) is 12.5 Å². The molecule has 0 aliphatic heterocycles. The van der Waals surface area contributed by atoms with Crippen LogP contribution in [0.15, 0.2) is 0 Å². The number of nitrogens with zero attached hydrogens (tertiary/aromatic N) is 1. The first-order valence-corrected chi connectivity index (χ1v) is 4.24. The van der Waals surface area contributed by atoms with Gasteiger partial charge in [-0.25, -0.2) is 0 Å². The Morgan fingerprint density at radius 1 is 1.58 bits per heavy atom. The number of aliphatic hydroxyl groups excluding tert-OH is 1. The van der Waals surface area contributed by atoms with Gasteiger partial charge in [0.1, 0.15) is 0 Å². The van der Waals surface area contributed by atoms with Gasteiger partial charge in [0.25, 0.3) is 0 Å². The average Bonchev–Trinajstić information content (AvgIpc) is 2.04. The fourth-order valence-electron chi connectivity index (χ4n) is 0.808. The molecule has 0 spiro atoms. The fraction of sp³-hybridized carbons (Fsp3) is 1.00. The highest BCUT2D eigenvalue weighted by Gasteiger charge is 2.07. The Labute approximate surface area is 73.7 Å². The first-order valence-electron chi connectivity index (χ1n) is 4.24. The Bertz CT molecular complexity index is 108. The zero-order valence-electron chi connectivity index (χ0n) is 7.99. The molecule has 0 amide bonds. The van der Waals surface area contributed by atoms with E-state index >= 15 is 0 Å². The third-order valence-electron chi connectivity index (χ3n) is 1.64. The molecule has 1 N–H and O–H groups in total. The summed E-state index contributed by atoms with van der Waals surface area (Å²) in [4.78, 5) is 0.